The van der Waals surface area contributed by atoms with Crippen LogP contribution in [0.3, 0.4) is 0 Å². The Labute approximate surface area is 176 Å². The number of anilines is 1. The number of aromatic nitrogens is 2. The maximum Gasteiger partial charge on any atom is 0.262 e. The Hall–Kier alpha value is -3.19. The van der Waals surface area contributed by atoms with Crippen molar-refractivity contribution in [2.24, 2.45) is 5.10 Å². The molecule has 2 aromatic carbocycles. The lowest BCUT2D eigenvalue weighted by Crippen LogP contribution is -2.23. The van der Waals surface area contributed by atoms with E-state index in [0.29, 0.717) is 29.9 Å². The lowest BCUT2D eigenvalue weighted by atomic mass is 10.1. The van der Waals surface area contributed by atoms with Gasteiger partial charge in [-0.2, -0.15) is 5.10 Å². The van der Waals surface area contributed by atoms with Crippen molar-refractivity contribution in [1.82, 2.24) is 14.5 Å². The summed E-state index contributed by atoms with van der Waals surface area (Å²) in [6.07, 6.45) is 0. The van der Waals surface area contributed by atoms with Crippen molar-refractivity contribution >= 4 is 22.6 Å². The molecule has 3 rings (SSSR count). The maximum atomic E-state index is 12.7. The van der Waals surface area contributed by atoms with Crippen LogP contribution in [0, 0.1) is 0 Å². The van der Waals surface area contributed by atoms with E-state index in [0.717, 1.165) is 29.9 Å². The molecule has 0 atom stereocenters. The number of phenols is 1. The van der Waals surface area contributed by atoms with Crippen LogP contribution in [0.15, 0.2) is 52.4 Å². The second kappa shape index (κ2) is 9.54. The fraction of sp³-hybridized carbons (Fsp3) is 0.348. The van der Waals surface area contributed by atoms with E-state index in [2.05, 4.69) is 34.3 Å². The van der Waals surface area contributed by atoms with Crippen molar-refractivity contribution < 1.29 is 5.11 Å². The number of phenolic OH excluding ortho intramolecular Hbond substituents is 1. The summed E-state index contributed by atoms with van der Waals surface area (Å²) in [6.45, 7) is 11.0. The van der Waals surface area contributed by atoms with Crippen LogP contribution in [-0.4, -0.2) is 38.4 Å². The molecule has 0 aliphatic rings. The number of nitrogens with one attached hydrogen (secondary N) is 1. The predicted molar refractivity (Wildman–Crippen MR) is 122 cm³/mol. The minimum Gasteiger partial charge on any atom is -0.508 e. The molecule has 1 aromatic heterocycles. The monoisotopic (exact) mass is 407 g/mol. The highest BCUT2D eigenvalue weighted by atomic mass is 16.3. The minimum absolute atomic E-state index is 0.0930. The molecular weight excluding hydrogens is 378 g/mol. The van der Waals surface area contributed by atoms with Crippen molar-refractivity contribution in [3.8, 4) is 5.75 Å². The highest BCUT2D eigenvalue weighted by Crippen LogP contribution is 2.21. The fourth-order valence-corrected chi connectivity index (χ4v) is 3.37. The first-order chi connectivity index (χ1) is 14.5. The average molecular weight is 408 g/mol. The van der Waals surface area contributed by atoms with E-state index in [-0.39, 0.29) is 11.3 Å². The zero-order valence-electron chi connectivity index (χ0n) is 18.0. The van der Waals surface area contributed by atoms with Gasteiger partial charge in [-0.25, -0.2) is 10.4 Å². The van der Waals surface area contributed by atoms with E-state index in [4.69, 9.17) is 0 Å². The van der Waals surface area contributed by atoms with Crippen LogP contribution in [0.25, 0.3) is 10.9 Å². The Morgan fingerprint density at radius 3 is 2.60 bits per heavy atom. The Bertz CT molecular complexity index is 1120. The van der Waals surface area contributed by atoms with Crippen molar-refractivity contribution in [2.75, 3.05) is 18.5 Å². The van der Waals surface area contributed by atoms with Gasteiger partial charge in [0.25, 0.3) is 5.56 Å². The molecule has 0 saturated carbocycles. The molecule has 0 radical (unpaired) electrons. The van der Waals surface area contributed by atoms with Crippen LogP contribution in [0.1, 0.15) is 38.8 Å². The van der Waals surface area contributed by atoms with Gasteiger partial charge in [0.15, 0.2) is 0 Å². The van der Waals surface area contributed by atoms with Crippen molar-refractivity contribution in [3.63, 3.8) is 0 Å². The molecule has 0 spiro atoms. The normalized spacial score (nSPS) is 12.0. The molecular formula is C23H29N5O2. The van der Waals surface area contributed by atoms with Gasteiger partial charge in [0.1, 0.15) is 5.75 Å². The summed E-state index contributed by atoms with van der Waals surface area (Å²) in [7, 11) is 0. The lowest BCUT2D eigenvalue weighted by Gasteiger charge is -2.19. The van der Waals surface area contributed by atoms with Crippen LogP contribution in [0.5, 0.6) is 5.75 Å². The smallest absolute Gasteiger partial charge is 0.262 e. The molecule has 7 nitrogen and oxygen atoms in total. The Balaban J connectivity index is 1.91. The third kappa shape index (κ3) is 4.52. The molecule has 0 unspecified atom stereocenters. The van der Waals surface area contributed by atoms with Crippen molar-refractivity contribution in [3.05, 3.63) is 63.9 Å². The molecule has 0 aliphatic heterocycles. The molecule has 0 saturated heterocycles. The highest BCUT2D eigenvalue weighted by Gasteiger charge is 2.11. The van der Waals surface area contributed by atoms with Gasteiger partial charge in [-0.1, -0.05) is 26.0 Å². The van der Waals surface area contributed by atoms with Crippen LogP contribution < -0.4 is 11.0 Å². The van der Waals surface area contributed by atoms with E-state index >= 15 is 0 Å². The molecule has 0 fully saturated rings. The zero-order valence-corrected chi connectivity index (χ0v) is 18.0. The second-order valence-corrected chi connectivity index (χ2v) is 7.12. The largest absolute Gasteiger partial charge is 0.508 e. The van der Waals surface area contributed by atoms with Crippen LogP contribution in [-0.2, 0) is 13.1 Å². The number of nitrogens with zero attached hydrogens (tertiary/aromatic N) is 4. The summed E-state index contributed by atoms with van der Waals surface area (Å²) < 4.78 is 1.57. The summed E-state index contributed by atoms with van der Waals surface area (Å²) >= 11 is 0. The fourth-order valence-electron chi connectivity index (χ4n) is 3.37. The number of para-hydroxylation sites is 1. The molecule has 1 heterocycles. The van der Waals surface area contributed by atoms with Gasteiger partial charge in [0.05, 0.1) is 16.6 Å². The summed E-state index contributed by atoms with van der Waals surface area (Å²) in [5.41, 5.74) is 5.99. The molecule has 2 N–H and O–H groups in total. The van der Waals surface area contributed by atoms with E-state index in [1.54, 1.807) is 16.7 Å². The van der Waals surface area contributed by atoms with Gasteiger partial charge in [0, 0.05) is 18.7 Å². The number of rotatable bonds is 8. The molecule has 3 aromatic rings. The first-order valence-corrected chi connectivity index (χ1v) is 10.3. The van der Waals surface area contributed by atoms with Gasteiger partial charge in [-0.15, -0.1) is 0 Å². The van der Waals surface area contributed by atoms with Gasteiger partial charge >= 0.3 is 0 Å². The van der Waals surface area contributed by atoms with Crippen LogP contribution >= 0.6 is 0 Å². The summed E-state index contributed by atoms with van der Waals surface area (Å²) in [6, 6.07) is 12.8. The maximum absolute atomic E-state index is 12.7. The van der Waals surface area contributed by atoms with Crippen LogP contribution in [0.4, 0.5) is 5.95 Å². The Morgan fingerprint density at radius 1 is 1.17 bits per heavy atom. The number of benzene rings is 2. The lowest BCUT2D eigenvalue weighted by molar-refractivity contribution is 0.291. The number of hydrogen-bond acceptors (Lipinski definition) is 6. The SMILES string of the molecule is CCN(CC)Cc1cc(/C(C)=N/Nc2nc3ccccc3c(=O)n2CC)ccc1O. The van der Waals surface area contributed by atoms with Crippen molar-refractivity contribution in [2.45, 2.75) is 40.8 Å². The van der Waals surface area contributed by atoms with Gasteiger partial charge < -0.3 is 5.11 Å². The summed E-state index contributed by atoms with van der Waals surface area (Å²) in [5.74, 6) is 0.685. The third-order valence-electron chi connectivity index (χ3n) is 5.29. The molecule has 0 amide bonds. The van der Waals surface area contributed by atoms with Gasteiger partial charge in [-0.05, 0) is 62.8 Å². The third-order valence-corrected chi connectivity index (χ3v) is 5.29. The van der Waals surface area contributed by atoms with E-state index < -0.39 is 0 Å². The highest BCUT2D eigenvalue weighted by molar-refractivity contribution is 5.99. The molecule has 0 aliphatic carbocycles. The van der Waals surface area contributed by atoms with Crippen molar-refractivity contribution in [1.29, 1.82) is 0 Å². The predicted octanol–water partition coefficient (Wildman–Crippen LogP) is 3.80. The molecule has 0 bridgehead atoms. The number of aromatic hydroxyl groups is 1. The van der Waals surface area contributed by atoms with Gasteiger partial charge in [0.2, 0.25) is 5.95 Å². The molecule has 30 heavy (non-hydrogen) atoms. The topological polar surface area (TPSA) is 82.8 Å². The molecule has 7 heteroatoms. The van der Waals surface area contributed by atoms with E-state index in [9.17, 15) is 9.90 Å². The summed E-state index contributed by atoms with van der Waals surface area (Å²) in [5, 5.41) is 15.3. The standard InChI is InChI=1S/C23H29N5O2/c1-5-27(6-2)15-18-14-17(12-13-21(18)29)16(4)25-26-23-24-20-11-9-8-10-19(20)22(30)28(23)7-3/h8-14,29H,5-7,15H2,1-4H3,(H,24,26)/b25-16+. The van der Waals surface area contributed by atoms with E-state index in [1.165, 1.54) is 0 Å². The second-order valence-electron chi connectivity index (χ2n) is 7.12. The molecule has 158 valence electrons. The quantitative estimate of drug-likeness (QED) is 0.438. The van der Waals surface area contributed by atoms with Crippen LogP contribution in [0.2, 0.25) is 0 Å². The van der Waals surface area contributed by atoms with E-state index in [1.807, 2.05) is 44.2 Å². The number of hydrazone groups is 1. The first kappa shape index (κ1) is 21.5. The first-order valence-electron chi connectivity index (χ1n) is 10.3. The number of hydrogen-bond donors (Lipinski definition) is 2. The number of fused-ring (bicyclic) bond motifs is 1. The Morgan fingerprint density at radius 2 is 1.90 bits per heavy atom. The average Bonchev–Trinajstić information content (AvgIpc) is 2.77. The van der Waals surface area contributed by atoms with Gasteiger partial charge in [-0.3, -0.25) is 14.3 Å². The Kier molecular flexibility index (Phi) is 6.84. The zero-order chi connectivity index (χ0) is 21.7. The summed E-state index contributed by atoms with van der Waals surface area (Å²) in [4.78, 5) is 19.5. The minimum atomic E-state index is -0.0930.